The fraction of sp³-hybridized carbons (Fsp3) is 0.316. The quantitative estimate of drug-likeness (QED) is 0.739. The highest BCUT2D eigenvalue weighted by atomic mass is 79.9. The second-order valence-corrected chi connectivity index (χ2v) is 6.42. The van der Waals surface area contributed by atoms with E-state index in [-0.39, 0.29) is 0 Å². The van der Waals surface area contributed by atoms with Crippen molar-refractivity contribution in [1.29, 1.82) is 5.26 Å². The van der Waals surface area contributed by atoms with Gasteiger partial charge in [0.05, 0.1) is 6.07 Å². The van der Waals surface area contributed by atoms with E-state index in [4.69, 9.17) is 0 Å². The van der Waals surface area contributed by atoms with E-state index in [1.54, 1.807) is 0 Å². The fourth-order valence-electron chi connectivity index (χ4n) is 3.50. The molecule has 106 valence electrons. The molecule has 0 radical (unpaired) electrons. The van der Waals surface area contributed by atoms with Gasteiger partial charge in [0.25, 0.3) is 0 Å². The Hall–Kier alpha value is -1.59. The smallest absolute Gasteiger partial charge is 0.108 e. The van der Waals surface area contributed by atoms with E-state index in [1.165, 1.54) is 22.3 Å². The molecule has 1 nitrogen and oxygen atoms in total. The highest BCUT2D eigenvalue weighted by Crippen LogP contribution is 2.42. The van der Waals surface area contributed by atoms with Crippen LogP contribution in [0.3, 0.4) is 0 Å². The lowest BCUT2D eigenvalue weighted by molar-refractivity contribution is 0.583. The van der Waals surface area contributed by atoms with Crippen LogP contribution >= 0.6 is 15.9 Å². The summed E-state index contributed by atoms with van der Waals surface area (Å²) in [6.45, 7) is 0. The van der Waals surface area contributed by atoms with E-state index in [0.29, 0.717) is 0 Å². The molecule has 0 spiro atoms. The summed E-state index contributed by atoms with van der Waals surface area (Å²) in [6, 6.07) is 19.6. The van der Waals surface area contributed by atoms with Gasteiger partial charge in [0.2, 0.25) is 0 Å². The van der Waals surface area contributed by atoms with Crippen LogP contribution in [0.2, 0.25) is 0 Å². The van der Waals surface area contributed by atoms with E-state index < -0.39 is 5.41 Å². The molecule has 0 saturated carbocycles. The van der Waals surface area contributed by atoms with Gasteiger partial charge in [-0.3, -0.25) is 0 Å². The van der Waals surface area contributed by atoms with Gasteiger partial charge in [0.1, 0.15) is 5.41 Å². The van der Waals surface area contributed by atoms with E-state index in [1.807, 2.05) is 0 Å². The van der Waals surface area contributed by atoms with Crippen molar-refractivity contribution in [3.05, 3.63) is 70.8 Å². The maximum Gasteiger partial charge on any atom is 0.108 e. The minimum atomic E-state index is -0.503. The van der Waals surface area contributed by atoms with Gasteiger partial charge in [-0.1, -0.05) is 64.5 Å². The Morgan fingerprint density at radius 3 is 1.95 bits per heavy atom. The molecule has 1 aliphatic carbocycles. The lowest BCUT2D eigenvalue weighted by Gasteiger charge is -2.29. The predicted octanol–water partition coefficient (Wildman–Crippen LogP) is 4.77. The Morgan fingerprint density at radius 2 is 1.48 bits per heavy atom. The molecule has 0 aromatic heterocycles. The van der Waals surface area contributed by atoms with Crippen LogP contribution in [-0.2, 0) is 18.3 Å². The Morgan fingerprint density at radius 1 is 0.952 bits per heavy atom. The third-order valence-electron chi connectivity index (χ3n) is 4.49. The van der Waals surface area contributed by atoms with Crippen molar-refractivity contribution < 1.29 is 0 Å². The normalized spacial score (nSPS) is 15.4. The Labute approximate surface area is 134 Å². The van der Waals surface area contributed by atoms with Crippen LogP contribution < -0.4 is 0 Å². The minimum absolute atomic E-state index is 0.503. The van der Waals surface area contributed by atoms with Gasteiger partial charge >= 0.3 is 0 Å². The van der Waals surface area contributed by atoms with Crippen LogP contribution in [0.4, 0.5) is 0 Å². The van der Waals surface area contributed by atoms with Gasteiger partial charge in [-0.25, -0.2) is 0 Å². The van der Waals surface area contributed by atoms with Gasteiger partial charge in [0.15, 0.2) is 0 Å². The van der Waals surface area contributed by atoms with Gasteiger partial charge in [-0.2, -0.15) is 5.26 Å². The molecule has 2 heteroatoms. The number of benzene rings is 2. The molecule has 0 amide bonds. The van der Waals surface area contributed by atoms with Crippen molar-refractivity contribution in [2.75, 3.05) is 5.33 Å². The molecule has 0 saturated heterocycles. The summed E-state index contributed by atoms with van der Waals surface area (Å²) in [6.07, 6.45) is 3.90. The van der Waals surface area contributed by atoms with Crippen LogP contribution in [0.5, 0.6) is 0 Å². The molecule has 0 N–H and O–H groups in total. The maximum absolute atomic E-state index is 10.1. The van der Waals surface area contributed by atoms with Gasteiger partial charge in [0, 0.05) is 5.33 Å². The number of nitriles is 1. The molecule has 1 aliphatic rings. The van der Waals surface area contributed by atoms with Crippen molar-refractivity contribution in [2.45, 2.75) is 31.1 Å². The standard InChI is InChI=1S/C19H18BrN/c20-13-5-12-19(14-21)17-8-3-1-6-15(17)10-11-16-7-2-4-9-18(16)19/h1-4,6-9H,5,10-13H2. The van der Waals surface area contributed by atoms with Crippen LogP contribution in [0.1, 0.15) is 35.1 Å². The molecule has 0 atom stereocenters. The van der Waals surface area contributed by atoms with Gasteiger partial charge in [-0.15, -0.1) is 0 Å². The first-order valence-electron chi connectivity index (χ1n) is 7.46. The van der Waals surface area contributed by atoms with E-state index >= 15 is 0 Å². The van der Waals surface area contributed by atoms with Crippen molar-refractivity contribution in [1.82, 2.24) is 0 Å². The summed E-state index contributed by atoms with van der Waals surface area (Å²) < 4.78 is 0. The molecule has 2 aromatic rings. The first-order chi connectivity index (χ1) is 10.3. The third-order valence-corrected chi connectivity index (χ3v) is 5.05. The molecular weight excluding hydrogens is 322 g/mol. The molecule has 0 aliphatic heterocycles. The largest absolute Gasteiger partial charge is 0.197 e. The predicted molar refractivity (Wildman–Crippen MR) is 89.7 cm³/mol. The molecule has 2 aromatic carbocycles. The van der Waals surface area contributed by atoms with Crippen LogP contribution in [-0.4, -0.2) is 5.33 Å². The Kier molecular flexibility index (Phi) is 4.12. The summed E-state index contributed by atoms with van der Waals surface area (Å²) in [5.41, 5.74) is 4.56. The topological polar surface area (TPSA) is 23.8 Å². The highest BCUT2D eigenvalue weighted by Gasteiger charge is 2.38. The van der Waals surface area contributed by atoms with Crippen LogP contribution in [0.15, 0.2) is 48.5 Å². The number of hydrogen-bond acceptors (Lipinski definition) is 1. The summed E-state index contributed by atoms with van der Waals surface area (Å²) in [4.78, 5) is 0. The van der Waals surface area contributed by atoms with Gasteiger partial charge < -0.3 is 0 Å². The zero-order valence-corrected chi connectivity index (χ0v) is 13.6. The number of nitrogens with zero attached hydrogens (tertiary/aromatic N) is 1. The van der Waals surface area contributed by atoms with Crippen LogP contribution in [0, 0.1) is 11.3 Å². The summed E-state index contributed by atoms with van der Waals surface area (Å²) >= 11 is 3.52. The van der Waals surface area contributed by atoms with E-state index in [9.17, 15) is 5.26 Å². The molecular formula is C19H18BrN. The maximum atomic E-state index is 10.1. The van der Waals surface area contributed by atoms with E-state index in [2.05, 4.69) is 70.5 Å². The number of aryl methyl sites for hydroxylation is 2. The molecule has 0 fully saturated rings. The average Bonchev–Trinajstić information content (AvgIpc) is 2.69. The SMILES string of the molecule is N#CC1(CCCBr)c2ccccc2CCc2ccccc21. The number of fused-ring (bicyclic) bond motifs is 2. The lowest BCUT2D eigenvalue weighted by atomic mass is 9.71. The lowest BCUT2D eigenvalue weighted by Crippen LogP contribution is -2.27. The number of alkyl halides is 1. The average molecular weight is 340 g/mol. The fourth-order valence-corrected chi connectivity index (χ4v) is 3.78. The van der Waals surface area contributed by atoms with Crippen molar-refractivity contribution >= 4 is 15.9 Å². The Balaban J connectivity index is 2.26. The molecule has 0 bridgehead atoms. The van der Waals surface area contributed by atoms with Gasteiger partial charge in [-0.05, 0) is 47.9 Å². The summed E-state index contributed by atoms with van der Waals surface area (Å²) in [5, 5.41) is 11.1. The molecule has 0 unspecified atom stereocenters. The minimum Gasteiger partial charge on any atom is -0.197 e. The number of rotatable bonds is 3. The van der Waals surface area contributed by atoms with Crippen LogP contribution in [0.25, 0.3) is 0 Å². The van der Waals surface area contributed by atoms with E-state index in [0.717, 1.165) is 31.0 Å². The van der Waals surface area contributed by atoms with Crippen molar-refractivity contribution in [3.63, 3.8) is 0 Å². The Bertz CT molecular complexity index is 636. The number of hydrogen-bond donors (Lipinski definition) is 0. The zero-order chi connectivity index (χ0) is 14.7. The third kappa shape index (κ3) is 2.40. The zero-order valence-electron chi connectivity index (χ0n) is 12.0. The van der Waals surface area contributed by atoms with Crippen molar-refractivity contribution in [3.8, 4) is 6.07 Å². The first-order valence-corrected chi connectivity index (χ1v) is 8.58. The number of halogens is 1. The molecule has 21 heavy (non-hydrogen) atoms. The summed E-state index contributed by atoms with van der Waals surface area (Å²) in [7, 11) is 0. The van der Waals surface area contributed by atoms with Crippen molar-refractivity contribution in [2.24, 2.45) is 0 Å². The highest BCUT2D eigenvalue weighted by molar-refractivity contribution is 9.09. The first kappa shape index (κ1) is 14.4. The molecule has 3 rings (SSSR count). The molecule has 0 heterocycles. The monoisotopic (exact) mass is 339 g/mol. The second kappa shape index (κ2) is 6.03. The second-order valence-electron chi connectivity index (χ2n) is 5.62. The summed E-state index contributed by atoms with van der Waals surface area (Å²) in [5.74, 6) is 0.